The Bertz CT molecular complexity index is 1280. The highest BCUT2D eigenvalue weighted by Gasteiger charge is 2.47. The van der Waals surface area contributed by atoms with E-state index in [2.05, 4.69) is 5.10 Å². The molecule has 2 aromatic carbocycles. The highest BCUT2D eigenvalue weighted by Crippen LogP contribution is 2.34. The fourth-order valence-electron chi connectivity index (χ4n) is 3.04. The van der Waals surface area contributed by atoms with Crippen molar-refractivity contribution < 1.29 is 32.3 Å². The van der Waals surface area contributed by atoms with Gasteiger partial charge in [0.15, 0.2) is 5.71 Å². The summed E-state index contributed by atoms with van der Waals surface area (Å²) in [4.78, 5) is 23.9. The Morgan fingerprint density at radius 3 is 2.47 bits per heavy atom. The maximum Gasteiger partial charge on any atom is 0.435 e. The number of carboxylic acids is 1. The SMILES string of the molecule is O=C(O)c1cccc(-c2ccc(/C=C3\C(=O)N(c4ccc(Cl)cc4)N=C3C(F)(F)F)o2)c1. The average Bonchev–Trinajstić information content (AvgIpc) is 3.34. The van der Waals surface area contributed by atoms with Gasteiger partial charge in [-0.25, -0.2) is 4.79 Å². The van der Waals surface area contributed by atoms with Crippen LogP contribution in [0.2, 0.25) is 5.02 Å². The van der Waals surface area contributed by atoms with Gasteiger partial charge in [-0.2, -0.15) is 23.3 Å². The molecule has 0 fully saturated rings. The zero-order valence-electron chi connectivity index (χ0n) is 15.9. The first-order chi connectivity index (χ1) is 15.1. The second kappa shape index (κ2) is 8.01. The number of furan rings is 1. The molecule has 162 valence electrons. The van der Waals surface area contributed by atoms with Gasteiger partial charge < -0.3 is 9.52 Å². The Kier molecular flexibility index (Phi) is 5.35. The second-order valence-corrected chi connectivity index (χ2v) is 7.12. The quantitative estimate of drug-likeness (QED) is 0.510. The van der Waals surface area contributed by atoms with E-state index in [0.29, 0.717) is 15.6 Å². The smallest absolute Gasteiger partial charge is 0.435 e. The van der Waals surface area contributed by atoms with Crippen LogP contribution in [0.25, 0.3) is 17.4 Å². The number of carbonyl (C=O) groups excluding carboxylic acids is 1. The number of rotatable bonds is 4. The first-order valence-corrected chi connectivity index (χ1v) is 9.43. The molecule has 1 aliphatic heterocycles. The van der Waals surface area contributed by atoms with E-state index in [-0.39, 0.29) is 22.8 Å². The summed E-state index contributed by atoms with van der Waals surface area (Å²) in [6.07, 6.45) is -3.93. The number of carboxylic acid groups (broad SMARTS) is 1. The van der Waals surface area contributed by atoms with Gasteiger partial charge in [0.25, 0.3) is 5.91 Å². The van der Waals surface area contributed by atoms with Crippen molar-refractivity contribution in [3.05, 3.63) is 82.6 Å². The third kappa shape index (κ3) is 4.15. The molecule has 4 rings (SSSR count). The Balaban J connectivity index is 1.71. The highest BCUT2D eigenvalue weighted by atomic mass is 35.5. The summed E-state index contributed by atoms with van der Waals surface area (Å²) in [5.74, 6) is -1.92. The van der Waals surface area contributed by atoms with Gasteiger partial charge in [-0.1, -0.05) is 23.7 Å². The van der Waals surface area contributed by atoms with Gasteiger partial charge in [0.1, 0.15) is 11.5 Å². The van der Waals surface area contributed by atoms with E-state index < -0.39 is 29.3 Å². The van der Waals surface area contributed by atoms with E-state index in [1.165, 1.54) is 54.6 Å². The van der Waals surface area contributed by atoms with Crippen LogP contribution in [0.4, 0.5) is 18.9 Å². The molecule has 0 atom stereocenters. The standard InChI is InChI=1S/C22H12ClF3N2O4/c23-14-4-6-15(7-5-14)28-20(29)17(19(27-28)22(24,25)26)11-16-8-9-18(32-16)12-2-1-3-13(10-12)21(30)31/h1-11H,(H,30,31)/b17-11-. The summed E-state index contributed by atoms with van der Waals surface area (Å²) in [5.41, 5.74) is -1.49. The molecular formula is C22H12ClF3N2O4. The molecule has 1 aliphatic rings. The van der Waals surface area contributed by atoms with E-state index in [0.717, 1.165) is 6.08 Å². The first-order valence-electron chi connectivity index (χ1n) is 9.05. The van der Waals surface area contributed by atoms with Crippen molar-refractivity contribution in [3.8, 4) is 11.3 Å². The molecule has 0 radical (unpaired) electrons. The topological polar surface area (TPSA) is 83.1 Å². The van der Waals surface area contributed by atoms with Crippen LogP contribution in [0.1, 0.15) is 16.1 Å². The Morgan fingerprint density at radius 1 is 1.09 bits per heavy atom. The Hall–Kier alpha value is -3.85. The Labute approximate surface area is 183 Å². The molecule has 1 aromatic heterocycles. The largest absolute Gasteiger partial charge is 0.478 e. The maximum atomic E-state index is 13.6. The molecule has 2 heterocycles. The van der Waals surface area contributed by atoms with Gasteiger partial charge in [-0.3, -0.25) is 4.79 Å². The number of benzene rings is 2. The summed E-state index contributed by atoms with van der Waals surface area (Å²) in [7, 11) is 0. The minimum absolute atomic E-state index is 0.0230. The number of hydrogen-bond acceptors (Lipinski definition) is 4. The van der Waals surface area contributed by atoms with E-state index in [1.807, 2.05) is 0 Å². The lowest BCUT2D eigenvalue weighted by atomic mass is 10.1. The molecule has 6 nitrogen and oxygen atoms in total. The van der Waals surface area contributed by atoms with Crippen LogP contribution in [0.5, 0.6) is 0 Å². The van der Waals surface area contributed by atoms with E-state index in [9.17, 15) is 22.8 Å². The van der Waals surface area contributed by atoms with E-state index in [1.54, 1.807) is 6.07 Å². The molecule has 32 heavy (non-hydrogen) atoms. The molecule has 1 N–H and O–H groups in total. The van der Waals surface area contributed by atoms with Crippen molar-refractivity contribution in [2.24, 2.45) is 5.10 Å². The molecule has 3 aromatic rings. The normalized spacial score (nSPS) is 15.4. The van der Waals surface area contributed by atoms with Crippen LogP contribution in [0.15, 0.2) is 75.8 Å². The zero-order valence-corrected chi connectivity index (χ0v) is 16.7. The number of carbonyl (C=O) groups is 2. The second-order valence-electron chi connectivity index (χ2n) is 6.69. The summed E-state index contributed by atoms with van der Waals surface area (Å²) < 4.78 is 46.3. The van der Waals surface area contributed by atoms with Crippen LogP contribution >= 0.6 is 11.6 Å². The lowest BCUT2D eigenvalue weighted by Gasteiger charge is -2.11. The number of halogens is 4. The number of nitrogens with zero attached hydrogens (tertiary/aromatic N) is 2. The van der Waals surface area contributed by atoms with Crippen molar-refractivity contribution in [3.63, 3.8) is 0 Å². The first kappa shape index (κ1) is 21.4. The van der Waals surface area contributed by atoms with Crippen molar-refractivity contribution in [1.29, 1.82) is 0 Å². The zero-order chi connectivity index (χ0) is 23.0. The van der Waals surface area contributed by atoms with Gasteiger partial charge >= 0.3 is 12.1 Å². The number of hydrazone groups is 1. The lowest BCUT2D eigenvalue weighted by molar-refractivity contribution is -0.114. The fourth-order valence-corrected chi connectivity index (χ4v) is 3.17. The van der Waals surface area contributed by atoms with Crippen LogP contribution < -0.4 is 5.01 Å². The molecule has 1 amide bonds. The maximum absolute atomic E-state index is 13.6. The highest BCUT2D eigenvalue weighted by molar-refractivity contribution is 6.34. The van der Waals surface area contributed by atoms with Crippen molar-refractivity contribution >= 4 is 41.0 Å². The van der Waals surface area contributed by atoms with E-state index in [4.69, 9.17) is 21.1 Å². The van der Waals surface area contributed by atoms with Crippen LogP contribution in [-0.4, -0.2) is 28.9 Å². The minimum atomic E-state index is -4.88. The summed E-state index contributed by atoms with van der Waals surface area (Å²) in [5, 5.41) is 13.6. The third-order valence-electron chi connectivity index (χ3n) is 4.53. The molecule has 0 saturated carbocycles. The average molecular weight is 461 g/mol. The predicted octanol–water partition coefficient (Wildman–Crippen LogP) is 5.65. The minimum Gasteiger partial charge on any atom is -0.478 e. The number of anilines is 1. The number of amides is 1. The number of aromatic carboxylic acids is 1. The predicted molar refractivity (Wildman–Crippen MR) is 112 cm³/mol. The van der Waals surface area contributed by atoms with Crippen LogP contribution in [-0.2, 0) is 4.79 Å². The Morgan fingerprint density at radius 2 is 1.81 bits per heavy atom. The van der Waals surface area contributed by atoms with Gasteiger partial charge in [0.2, 0.25) is 0 Å². The molecule has 0 saturated heterocycles. The van der Waals surface area contributed by atoms with Crippen molar-refractivity contribution in [2.45, 2.75) is 6.18 Å². The van der Waals surface area contributed by atoms with Crippen LogP contribution in [0, 0.1) is 0 Å². The van der Waals surface area contributed by atoms with Gasteiger partial charge in [-0.05, 0) is 54.6 Å². The fraction of sp³-hybridized carbons (Fsp3) is 0.0455. The van der Waals surface area contributed by atoms with Crippen molar-refractivity contribution in [2.75, 3.05) is 5.01 Å². The molecule has 0 spiro atoms. The summed E-state index contributed by atoms with van der Waals surface area (Å²) in [6.45, 7) is 0. The molecular weight excluding hydrogens is 449 g/mol. The van der Waals surface area contributed by atoms with Gasteiger partial charge in [0.05, 0.1) is 16.8 Å². The molecule has 0 bridgehead atoms. The third-order valence-corrected chi connectivity index (χ3v) is 4.78. The summed E-state index contributed by atoms with van der Waals surface area (Å²) >= 11 is 5.80. The monoisotopic (exact) mass is 460 g/mol. The van der Waals surface area contributed by atoms with Gasteiger partial charge in [0, 0.05) is 10.6 Å². The van der Waals surface area contributed by atoms with Crippen LogP contribution in [0.3, 0.4) is 0 Å². The summed E-state index contributed by atoms with van der Waals surface area (Å²) in [6, 6.07) is 14.3. The number of hydrogen-bond donors (Lipinski definition) is 1. The molecule has 10 heteroatoms. The molecule has 0 unspecified atom stereocenters. The van der Waals surface area contributed by atoms with Gasteiger partial charge in [-0.15, -0.1) is 0 Å². The lowest BCUT2D eigenvalue weighted by Crippen LogP contribution is -2.25. The van der Waals surface area contributed by atoms with Crippen molar-refractivity contribution in [1.82, 2.24) is 0 Å². The molecule has 0 aliphatic carbocycles. The number of alkyl halides is 3. The van der Waals surface area contributed by atoms with E-state index >= 15 is 0 Å².